The van der Waals surface area contributed by atoms with Gasteiger partial charge in [0.25, 0.3) is 0 Å². The average Bonchev–Trinajstić information content (AvgIpc) is 2.77. The van der Waals surface area contributed by atoms with Crippen molar-refractivity contribution in [3.8, 4) is 0 Å². The molecule has 2 atom stereocenters. The zero-order chi connectivity index (χ0) is 13.5. The van der Waals surface area contributed by atoms with Gasteiger partial charge in [-0.1, -0.05) is 0 Å². The zero-order valence-electron chi connectivity index (χ0n) is 11.1. The molecule has 0 aromatic carbocycles. The molecule has 104 valence electrons. The minimum absolute atomic E-state index is 0.0108. The number of carboxylic acid groups (broad SMARTS) is 1. The highest BCUT2D eigenvalue weighted by Crippen LogP contribution is 2.30. The van der Waals surface area contributed by atoms with Crippen LogP contribution in [0.2, 0.25) is 0 Å². The van der Waals surface area contributed by atoms with E-state index in [4.69, 9.17) is 9.84 Å². The van der Waals surface area contributed by atoms with E-state index in [0.29, 0.717) is 32.4 Å². The second-order valence-electron chi connectivity index (χ2n) is 5.11. The van der Waals surface area contributed by atoms with E-state index < -0.39 is 5.97 Å². The number of amides is 1. The number of hydrogen-bond acceptors (Lipinski definition) is 3. The van der Waals surface area contributed by atoms with Gasteiger partial charge in [-0.05, 0) is 39.5 Å². The highest BCUT2D eigenvalue weighted by Gasteiger charge is 2.33. The molecule has 0 radical (unpaired) electrons. The Bertz CT molecular complexity index is 291. The molecule has 1 amide bonds. The van der Waals surface area contributed by atoms with Gasteiger partial charge in [-0.25, -0.2) is 0 Å². The lowest BCUT2D eigenvalue weighted by Crippen LogP contribution is -2.31. The van der Waals surface area contributed by atoms with Gasteiger partial charge in [-0.2, -0.15) is 0 Å². The van der Waals surface area contributed by atoms with Crippen LogP contribution in [0.15, 0.2) is 0 Å². The number of carbonyl (C=O) groups is 2. The SMILES string of the molecule is CC(C)OCCCNC(=O)[C@@H]1CC[C@H](C(=O)O)C1. The first-order valence-corrected chi connectivity index (χ1v) is 6.62. The standard InChI is InChI=1S/C13H23NO4/c1-9(2)18-7-3-6-14-12(15)10-4-5-11(8-10)13(16)17/h9-11H,3-8H2,1-2H3,(H,14,15)(H,16,17)/t10-,11+/m1/s1. The van der Waals surface area contributed by atoms with Crippen LogP contribution in [-0.4, -0.2) is 36.2 Å². The molecule has 0 spiro atoms. The summed E-state index contributed by atoms with van der Waals surface area (Å²) >= 11 is 0. The summed E-state index contributed by atoms with van der Waals surface area (Å²) in [6, 6.07) is 0. The van der Waals surface area contributed by atoms with Crippen LogP contribution in [0.25, 0.3) is 0 Å². The third-order valence-corrected chi connectivity index (χ3v) is 3.22. The highest BCUT2D eigenvalue weighted by atomic mass is 16.5. The Balaban J connectivity index is 2.12. The van der Waals surface area contributed by atoms with E-state index in [1.807, 2.05) is 13.8 Å². The molecule has 0 aromatic rings. The van der Waals surface area contributed by atoms with Crippen molar-refractivity contribution < 1.29 is 19.4 Å². The largest absolute Gasteiger partial charge is 0.481 e. The molecule has 1 fully saturated rings. The van der Waals surface area contributed by atoms with Crippen LogP contribution in [0.4, 0.5) is 0 Å². The average molecular weight is 257 g/mol. The van der Waals surface area contributed by atoms with E-state index in [0.717, 1.165) is 6.42 Å². The second-order valence-corrected chi connectivity index (χ2v) is 5.11. The summed E-state index contributed by atoms with van der Waals surface area (Å²) < 4.78 is 5.37. The minimum Gasteiger partial charge on any atom is -0.481 e. The maximum absolute atomic E-state index is 11.8. The van der Waals surface area contributed by atoms with Crippen LogP contribution in [-0.2, 0) is 14.3 Å². The maximum atomic E-state index is 11.8. The van der Waals surface area contributed by atoms with E-state index in [2.05, 4.69) is 5.32 Å². The molecule has 0 heterocycles. The molecule has 18 heavy (non-hydrogen) atoms. The molecule has 0 aromatic heterocycles. The highest BCUT2D eigenvalue weighted by molar-refractivity contribution is 5.80. The Hall–Kier alpha value is -1.10. The third kappa shape index (κ3) is 5.04. The third-order valence-electron chi connectivity index (χ3n) is 3.22. The van der Waals surface area contributed by atoms with Crippen LogP contribution in [0.1, 0.15) is 39.5 Å². The van der Waals surface area contributed by atoms with Gasteiger partial charge in [0.1, 0.15) is 0 Å². The van der Waals surface area contributed by atoms with Gasteiger partial charge in [-0.15, -0.1) is 0 Å². The van der Waals surface area contributed by atoms with Crippen LogP contribution >= 0.6 is 0 Å². The fraction of sp³-hybridized carbons (Fsp3) is 0.846. The summed E-state index contributed by atoms with van der Waals surface area (Å²) in [4.78, 5) is 22.6. The van der Waals surface area contributed by atoms with Gasteiger partial charge in [0.2, 0.25) is 5.91 Å². The molecule has 1 aliphatic carbocycles. The van der Waals surface area contributed by atoms with E-state index in [-0.39, 0.29) is 23.8 Å². The fourth-order valence-electron chi connectivity index (χ4n) is 2.19. The van der Waals surface area contributed by atoms with Gasteiger partial charge in [0, 0.05) is 19.1 Å². The molecular weight excluding hydrogens is 234 g/mol. The zero-order valence-corrected chi connectivity index (χ0v) is 11.1. The number of hydrogen-bond donors (Lipinski definition) is 2. The van der Waals surface area contributed by atoms with Gasteiger partial charge in [0.05, 0.1) is 12.0 Å². The van der Waals surface area contributed by atoms with Crippen LogP contribution < -0.4 is 5.32 Å². The molecule has 5 nitrogen and oxygen atoms in total. The van der Waals surface area contributed by atoms with Crippen molar-refractivity contribution in [1.29, 1.82) is 0 Å². The Morgan fingerprint density at radius 3 is 2.56 bits per heavy atom. The first kappa shape index (κ1) is 15.0. The Kier molecular flexibility index (Phi) is 6.12. The predicted octanol–water partition coefficient (Wildman–Crippen LogP) is 1.42. The van der Waals surface area contributed by atoms with Crippen molar-refractivity contribution in [2.45, 2.75) is 45.6 Å². The van der Waals surface area contributed by atoms with Crippen molar-refractivity contribution in [3.63, 3.8) is 0 Å². The molecular formula is C13H23NO4. The summed E-state index contributed by atoms with van der Waals surface area (Å²) in [7, 11) is 0. The van der Waals surface area contributed by atoms with Crippen LogP contribution in [0.3, 0.4) is 0 Å². The number of ether oxygens (including phenoxy) is 1. The molecule has 0 saturated heterocycles. The molecule has 5 heteroatoms. The number of carboxylic acids is 1. The van der Waals surface area contributed by atoms with Gasteiger partial charge >= 0.3 is 5.97 Å². The van der Waals surface area contributed by atoms with Crippen molar-refractivity contribution in [3.05, 3.63) is 0 Å². The molecule has 0 aliphatic heterocycles. The van der Waals surface area contributed by atoms with Crippen LogP contribution in [0, 0.1) is 11.8 Å². The Labute approximate surface area is 108 Å². The summed E-state index contributed by atoms with van der Waals surface area (Å²) in [6.45, 7) is 5.19. The first-order chi connectivity index (χ1) is 8.50. The second kappa shape index (κ2) is 7.36. The molecule has 0 unspecified atom stereocenters. The van der Waals surface area contributed by atoms with E-state index in [1.54, 1.807) is 0 Å². The quantitative estimate of drug-likeness (QED) is 0.676. The summed E-state index contributed by atoms with van der Waals surface area (Å²) in [5, 5.41) is 11.7. The van der Waals surface area contributed by atoms with E-state index >= 15 is 0 Å². The molecule has 1 aliphatic rings. The van der Waals surface area contributed by atoms with Crippen molar-refractivity contribution in [1.82, 2.24) is 5.32 Å². The number of aliphatic carboxylic acids is 1. The molecule has 1 saturated carbocycles. The van der Waals surface area contributed by atoms with E-state index in [1.165, 1.54) is 0 Å². The monoisotopic (exact) mass is 257 g/mol. The normalized spacial score (nSPS) is 23.3. The number of rotatable bonds is 7. The Morgan fingerprint density at radius 2 is 2.00 bits per heavy atom. The predicted molar refractivity (Wildman–Crippen MR) is 67.2 cm³/mol. The van der Waals surface area contributed by atoms with Crippen molar-refractivity contribution in [2.75, 3.05) is 13.2 Å². The summed E-state index contributed by atoms with van der Waals surface area (Å²) in [5.74, 6) is -1.26. The van der Waals surface area contributed by atoms with Crippen molar-refractivity contribution >= 4 is 11.9 Å². The minimum atomic E-state index is -0.782. The van der Waals surface area contributed by atoms with Crippen LogP contribution in [0.5, 0.6) is 0 Å². The number of nitrogens with one attached hydrogen (secondary N) is 1. The smallest absolute Gasteiger partial charge is 0.306 e. The summed E-state index contributed by atoms with van der Waals surface area (Å²) in [5.41, 5.74) is 0. The van der Waals surface area contributed by atoms with Gasteiger partial charge in [0.15, 0.2) is 0 Å². The first-order valence-electron chi connectivity index (χ1n) is 6.62. The summed E-state index contributed by atoms with van der Waals surface area (Å²) in [6.07, 6.45) is 2.78. The molecule has 1 rings (SSSR count). The van der Waals surface area contributed by atoms with Gasteiger partial charge in [-0.3, -0.25) is 9.59 Å². The molecule has 0 bridgehead atoms. The topological polar surface area (TPSA) is 75.6 Å². The lowest BCUT2D eigenvalue weighted by Gasteiger charge is -2.11. The fourth-order valence-corrected chi connectivity index (χ4v) is 2.19. The lowest BCUT2D eigenvalue weighted by atomic mass is 10.0. The van der Waals surface area contributed by atoms with E-state index in [9.17, 15) is 9.59 Å². The Morgan fingerprint density at radius 1 is 1.33 bits per heavy atom. The lowest BCUT2D eigenvalue weighted by molar-refractivity contribution is -0.141. The molecule has 2 N–H and O–H groups in total. The van der Waals surface area contributed by atoms with Crippen molar-refractivity contribution in [2.24, 2.45) is 11.8 Å². The van der Waals surface area contributed by atoms with Gasteiger partial charge < -0.3 is 15.2 Å². The maximum Gasteiger partial charge on any atom is 0.306 e. The number of carbonyl (C=O) groups excluding carboxylic acids is 1.